The summed E-state index contributed by atoms with van der Waals surface area (Å²) in [6.45, 7) is 1.79. The third kappa shape index (κ3) is 4.87. The first-order chi connectivity index (χ1) is 5.22. The van der Waals surface area contributed by atoms with Gasteiger partial charge in [-0.25, -0.2) is 4.99 Å². The number of hydrogen-bond donors (Lipinski definition) is 0. The summed E-state index contributed by atoms with van der Waals surface area (Å²) in [5.74, 6) is 0. The first-order valence-electron chi connectivity index (χ1n) is 2.89. The standard InChI is InChI=1S/C7H9Cl2NO/c1-6(3-8)7(9)4-10-5-11-2/h3-5H,1-2H3/b6-3+,7-4+,10-5?. The summed E-state index contributed by atoms with van der Waals surface area (Å²) in [6.07, 6.45) is 2.74. The minimum atomic E-state index is 0.494. The molecule has 0 aromatic rings. The molecule has 0 radical (unpaired) electrons. The second-order valence-corrected chi connectivity index (χ2v) is 2.38. The van der Waals surface area contributed by atoms with Crippen LogP contribution < -0.4 is 0 Å². The first-order valence-corrected chi connectivity index (χ1v) is 3.71. The van der Waals surface area contributed by atoms with Gasteiger partial charge in [0.2, 0.25) is 0 Å². The Morgan fingerprint density at radius 1 is 1.55 bits per heavy atom. The highest BCUT2D eigenvalue weighted by atomic mass is 35.5. The van der Waals surface area contributed by atoms with E-state index in [1.54, 1.807) is 6.92 Å². The SMILES string of the molecule is COC=N/C=C(Cl)\C(C)=C\Cl. The fourth-order valence-electron chi connectivity index (χ4n) is 0.311. The summed E-state index contributed by atoms with van der Waals surface area (Å²) in [6, 6.07) is 0. The van der Waals surface area contributed by atoms with Crippen LogP contribution in [0.4, 0.5) is 0 Å². The number of halogens is 2. The lowest BCUT2D eigenvalue weighted by atomic mass is 10.3. The Bertz CT molecular complexity index is 197. The molecular weight excluding hydrogens is 185 g/mol. The number of hydrogen-bond acceptors (Lipinski definition) is 2. The molecule has 0 aliphatic rings. The molecule has 0 unspecified atom stereocenters. The van der Waals surface area contributed by atoms with Crippen molar-refractivity contribution >= 4 is 29.6 Å². The van der Waals surface area contributed by atoms with Gasteiger partial charge in [-0.3, -0.25) is 0 Å². The van der Waals surface area contributed by atoms with Crippen LogP contribution >= 0.6 is 23.2 Å². The van der Waals surface area contributed by atoms with Crippen LogP contribution in [0.25, 0.3) is 0 Å². The van der Waals surface area contributed by atoms with Gasteiger partial charge in [-0.05, 0) is 12.5 Å². The van der Waals surface area contributed by atoms with Crippen molar-refractivity contribution in [1.29, 1.82) is 0 Å². The van der Waals surface area contributed by atoms with Gasteiger partial charge in [0.15, 0.2) is 6.40 Å². The number of aliphatic imine (C=N–C) groups is 1. The average molecular weight is 194 g/mol. The molecule has 0 saturated heterocycles. The van der Waals surface area contributed by atoms with Crippen molar-refractivity contribution in [1.82, 2.24) is 0 Å². The molecule has 62 valence electrons. The van der Waals surface area contributed by atoms with Crippen molar-refractivity contribution in [3.05, 3.63) is 22.3 Å². The van der Waals surface area contributed by atoms with E-state index in [1.807, 2.05) is 0 Å². The quantitative estimate of drug-likeness (QED) is 0.384. The minimum absolute atomic E-state index is 0.494. The highest BCUT2D eigenvalue weighted by Gasteiger charge is 1.91. The van der Waals surface area contributed by atoms with Gasteiger partial charge >= 0.3 is 0 Å². The Morgan fingerprint density at radius 2 is 2.18 bits per heavy atom. The van der Waals surface area contributed by atoms with Crippen molar-refractivity contribution in [2.75, 3.05) is 7.11 Å². The van der Waals surface area contributed by atoms with E-state index in [4.69, 9.17) is 23.2 Å². The van der Waals surface area contributed by atoms with E-state index < -0.39 is 0 Å². The Labute approximate surface area is 76.2 Å². The van der Waals surface area contributed by atoms with Gasteiger partial charge in [-0.15, -0.1) is 0 Å². The van der Waals surface area contributed by atoms with Crippen LogP contribution in [0.1, 0.15) is 6.92 Å². The number of allylic oxidation sites excluding steroid dienone is 2. The highest BCUT2D eigenvalue weighted by molar-refractivity contribution is 6.33. The molecule has 0 spiro atoms. The monoisotopic (exact) mass is 193 g/mol. The molecule has 0 aliphatic carbocycles. The van der Waals surface area contributed by atoms with Gasteiger partial charge < -0.3 is 4.74 Å². The average Bonchev–Trinajstić information content (AvgIpc) is 2.03. The molecule has 0 aliphatic heterocycles. The Morgan fingerprint density at radius 3 is 2.64 bits per heavy atom. The van der Waals surface area contributed by atoms with Crippen molar-refractivity contribution in [3.63, 3.8) is 0 Å². The fourth-order valence-corrected chi connectivity index (χ4v) is 0.595. The van der Waals surface area contributed by atoms with Gasteiger partial charge in [0.05, 0.1) is 12.1 Å². The van der Waals surface area contributed by atoms with Gasteiger partial charge in [-0.2, -0.15) is 0 Å². The highest BCUT2D eigenvalue weighted by Crippen LogP contribution is 2.14. The van der Waals surface area contributed by atoms with Crippen LogP contribution in [-0.2, 0) is 4.74 Å². The van der Waals surface area contributed by atoms with Crippen LogP contribution in [-0.4, -0.2) is 13.5 Å². The van der Waals surface area contributed by atoms with Gasteiger partial charge in [0.25, 0.3) is 0 Å². The maximum Gasteiger partial charge on any atom is 0.173 e. The molecule has 0 aromatic heterocycles. The second-order valence-electron chi connectivity index (χ2n) is 1.76. The first kappa shape index (κ1) is 10.5. The van der Waals surface area contributed by atoms with E-state index >= 15 is 0 Å². The molecule has 4 heteroatoms. The van der Waals surface area contributed by atoms with Crippen molar-refractivity contribution in [2.45, 2.75) is 6.92 Å². The Kier molecular flexibility index (Phi) is 5.99. The Hall–Kier alpha value is -0.470. The lowest BCUT2D eigenvalue weighted by Crippen LogP contribution is -1.76. The third-order valence-electron chi connectivity index (χ3n) is 0.895. The summed E-state index contributed by atoms with van der Waals surface area (Å²) >= 11 is 11.1. The summed E-state index contributed by atoms with van der Waals surface area (Å²) in [4.78, 5) is 3.72. The molecule has 11 heavy (non-hydrogen) atoms. The van der Waals surface area contributed by atoms with E-state index in [1.165, 1.54) is 25.2 Å². The van der Waals surface area contributed by atoms with E-state index in [9.17, 15) is 0 Å². The summed E-state index contributed by atoms with van der Waals surface area (Å²) in [5.41, 5.74) is 2.16. The maximum atomic E-state index is 5.71. The summed E-state index contributed by atoms with van der Waals surface area (Å²) in [7, 11) is 1.51. The summed E-state index contributed by atoms with van der Waals surface area (Å²) in [5, 5.41) is 0.494. The lowest BCUT2D eigenvalue weighted by molar-refractivity contribution is 0.423. The smallest absolute Gasteiger partial charge is 0.173 e. The zero-order valence-electron chi connectivity index (χ0n) is 6.34. The Balaban J connectivity index is 4.11. The molecule has 0 atom stereocenters. The molecule has 0 saturated carbocycles. The molecule has 0 bridgehead atoms. The molecular formula is C7H9Cl2NO. The normalized spacial score (nSPS) is 14.2. The van der Waals surface area contributed by atoms with Crippen LogP contribution in [0.5, 0.6) is 0 Å². The van der Waals surface area contributed by atoms with Crippen molar-refractivity contribution in [2.24, 2.45) is 4.99 Å². The van der Waals surface area contributed by atoms with E-state index in [0.717, 1.165) is 5.57 Å². The molecule has 0 aromatic carbocycles. The van der Waals surface area contributed by atoms with Crippen LogP contribution in [0.15, 0.2) is 27.3 Å². The van der Waals surface area contributed by atoms with E-state index in [2.05, 4.69) is 9.73 Å². The molecule has 0 amide bonds. The zero-order valence-corrected chi connectivity index (χ0v) is 7.86. The van der Waals surface area contributed by atoms with Crippen molar-refractivity contribution in [3.8, 4) is 0 Å². The number of methoxy groups -OCH3 is 1. The van der Waals surface area contributed by atoms with Crippen LogP contribution in [0.2, 0.25) is 0 Å². The molecule has 0 fully saturated rings. The number of ether oxygens (including phenoxy) is 1. The van der Waals surface area contributed by atoms with Crippen LogP contribution in [0, 0.1) is 0 Å². The number of nitrogens with zero attached hydrogens (tertiary/aromatic N) is 1. The van der Waals surface area contributed by atoms with E-state index in [-0.39, 0.29) is 0 Å². The van der Waals surface area contributed by atoms with Gasteiger partial charge in [-0.1, -0.05) is 23.2 Å². The fraction of sp³-hybridized carbons (Fsp3) is 0.286. The predicted octanol–water partition coefficient (Wildman–Crippen LogP) is 2.88. The van der Waals surface area contributed by atoms with Crippen LogP contribution in [0.3, 0.4) is 0 Å². The third-order valence-corrected chi connectivity index (χ3v) is 1.62. The van der Waals surface area contributed by atoms with Gasteiger partial charge in [0, 0.05) is 11.7 Å². The topological polar surface area (TPSA) is 21.6 Å². The number of rotatable bonds is 3. The lowest BCUT2D eigenvalue weighted by Gasteiger charge is -1.92. The molecule has 2 nitrogen and oxygen atoms in total. The molecule has 0 heterocycles. The van der Waals surface area contributed by atoms with Gasteiger partial charge in [0.1, 0.15) is 0 Å². The predicted molar refractivity (Wildman–Crippen MR) is 49.0 cm³/mol. The minimum Gasteiger partial charge on any atom is -0.486 e. The molecule has 0 rings (SSSR count). The van der Waals surface area contributed by atoms with Crippen molar-refractivity contribution < 1.29 is 4.74 Å². The summed E-state index contributed by atoms with van der Waals surface area (Å²) < 4.78 is 4.56. The zero-order chi connectivity index (χ0) is 8.69. The molecule has 0 N–H and O–H groups in total. The second kappa shape index (κ2) is 6.25. The van der Waals surface area contributed by atoms with E-state index in [0.29, 0.717) is 5.03 Å². The largest absolute Gasteiger partial charge is 0.486 e. The maximum absolute atomic E-state index is 5.71.